The molecule has 0 saturated heterocycles. The van der Waals surface area contributed by atoms with E-state index in [2.05, 4.69) is 6.58 Å². The van der Waals surface area contributed by atoms with E-state index in [-0.39, 0.29) is 5.97 Å². The minimum Gasteiger partial charge on any atom is -0.427 e. The van der Waals surface area contributed by atoms with Gasteiger partial charge in [0.25, 0.3) is 0 Å². The van der Waals surface area contributed by atoms with Crippen molar-refractivity contribution in [2.24, 2.45) is 7.05 Å². The molecule has 24 heavy (non-hydrogen) atoms. The van der Waals surface area contributed by atoms with Crippen molar-refractivity contribution in [1.82, 2.24) is 4.57 Å². The van der Waals surface area contributed by atoms with E-state index < -0.39 is 6.29 Å². The molecular weight excluding hydrogens is 302 g/mol. The number of ether oxygens (including phenoxy) is 2. The number of rotatable bonds is 3. The summed E-state index contributed by atoms with van der Waals surface area (Å²) in [6, 6.07) is 17.7. The standard InChI is InChI=1S/C20H17NO3/c1-13-17-15-10-6-7-11-16(15)21(2)18(17)19(22)24-20(13)23-12-14-8-4-3-5-9-14/h3-11,20H,1,12H2,2H3. The van der Waals surface area contributed by atoms with Gasteiger partial charge in [-0.15, -0.1) is 0 Å². The summed E-state index contributed by atoms with van der Waals surface area (Å²) in [5, 5.41) is 0.991. The highest BCUT2D eigenvalue weighted by Gasteiger charge is 2.35. The largest absolute Gasteiger partial charge is 0.427 e. The zero-order chi connectivity index (χ0) is 16.7. The Morgan fingerprint density at radius 3 is 2.62 bits per heavy atom. The second kappa shape index (κ2) is 5.65. The molecule has 0 bridgehead atoms. The Morgan fingerprint density at radius 2 is 1.83 bits per heavy atom. The number of carbonyl (C=O) groups excluding carboxylic acids is 1. The normalized spacial score (nSPS) is 17.0. The maximum atomic E-state index is 12.5. The van der Waals surface area contributed by atoms with Crippen molar-refractivity contribution in [3.63, 3.8) is 0 Å². The summed E-state index contributed by atoms with van der Waals surface area (Å²) in [6.07, 6.45) is -0.768. The Morgan fingerprint density at radius 1 is 1.12 bits per heavy atom. The van der Waals surface area contributed by atoms with Gasteiger partial charge in [0, 0.05) is 29.1 Å². The zero-order valence-corrected chi connectivity index (χ0v) is 13.4. The number of aryl methyl sites for hydroxylation is 1. The van der Waals surface area contributed by atoms with E-state index in [1.807, 2.05) is 66.2 Å². The molecule has 0 saturated carbocycles. The number of benzene rings is 2. The van der Waals surface area contributed by atoms with Crippen LogP contribution < -0.4 is 0 Å². The first kappa shape index (κ1) is 14.7. The predicted molar refractivity (Wildman–Crippen MR) is 92.4 cm³/mol. The maximum absolute atomic E-state index is 12.5. The van der Waals surface area contributed by atoms with Crippen LogP contribution in [0.4, 0.5) is 0 Å². The number of aromatic nitrogens is 1. The highest BCUT2D eigenvalue weighted by atomic mass is 16.7. The summed E-state index contributed by atoms with van der Waals surface area (Å²) in [5.74, 6) is -0.380. The molecule has 0 fully saturated rings. The Balaban J connectivity index is 1.69. The average Bonchev–Trinajstić information content (AvgIpc) is 2.92. The molecule has 0 N–H and O–H groups in total. The molecule has 4 heteroatoms. The van der Waals surface area contributed by atoms with Crippen LogP contribution in [0.3, 0.4) is 0 Å². The molecule has 0 aliphatic carbocycles. The van der Waals surface area contributed by atoms with Crippen LogP contribution in [0.2, 0.25) is 0 Å². The van der Waals surface area contributed by atoms with Crippen molar-refractivity contribution in [3.05, 3.63) is 78.0 Å². The summed E-state index contributed by atoms with van der Waals surface area (Å²) in [7, 11) is 1.86. The van der Waals surface area contributed by atoms with Gasteiger partial charge in [-0.05, 0) is 11.6 Å². The first-order valence-electron chi connectivity index (χ1n) is 7.80. The summed E-state index contributed by atoms with van der Waals surface area (Å²) in [5.41, 5.74) is 4.02. The Labute approximate surface area is 139 Å². The zero-order valence-electron chi connectivity index (χ0n) is 13.4. The molecule has 1 aliphatic heterocycles. The fraction of sp³-hybridized carbons (Fsp3) is 0.150. The van der Waals surface area contributed by atoms with Gasteiger partial charge < -0.3 is 14.0 Å². The molecule has 2 aromatic carbocycles. The Kier molecular flexibility index (Phi) is 3.47. The second-order valence-electron chi connectivity index (χ2n) is 5.86. The fourth-order valence-electron chi connectivity index (χ4n) is 3.18. The number of hydrogen-bond donors (Lipinski definition) is 0. The van der Waals surface area contributed by atoms with Crippen molar-refractivity contribution in [3.8, 4) is 0 Å². The number of esters is 1. The molecule has 4 nitrogen and oxygen atoms in total. The van der Waals surface area contributed by atoms with Crippen molar-refractivity contribution < 1.29 is 14.3 Å². The van der Waals surface area contributed by atoms with Gasteiger partial charge in [0.1, 0.15) is 5.69 Å². The van der Waals surface area contributed by atoms with Gasteiger partial charge in [-0.1, -0.05) is 55.1 Å². The number of carbonyl (C=O) groups is 1. The quantitative estimate of drug-likeness (QED) is 0.687. The first-order valence-corrected chi connectivity index (χ1v) is 7.80. The lowest BCUT2D eigenvalue weighted by Gasteiger charge is -2.25. The van der Waals surface area contributed by atoms with Gasteiger partial charge in [-0.25, -0.2) is 4.79 Å². The van der Waals surface area contributed by atoms with Gasteiger partial charge in [0.05, 0.1) is 6.61 Å². The third-order valence-corrected chi connectivity index (χ3v) is 4.36. The molecule has 120 valence electrons. The molecule has 3 aromatic rings. The van der Waals surface area contributed by atoms with Crippen molar-refractivity contribution in [1.29, 1.82) is 0 Å². The molecular formula is C20H17NO3. The van der Waals surface area contributed by atoms with Crippen LogP contribution in [0.1, 0.15) is 21.6 Å². The monoisotopic (exact) mass is 319 g/mol. The van der Waals surface area contributed by atoms with E-state index in [0.29, 0.717) is 17.9 Å². The topological polar surface area (TPSA) is 40.5 Å². The molecule has 1 unspecified atom stereocenters. The second-order valence-corrected chi connectivity index (χ2v) is 5.86. The lowest BCUT2D eigenvalue weighted by Crippen LogP contribution is -2.29. The van der Waals surface area contributed by atoms with Crippen molar-refractivity contribution >= 4 is 22.4 Å². The van der Waals surface area contributed by atoms with E-state index in [4.69, 9.17) is 9.47 Å². The van der Waals surface area contributed by atoms with Gasteiger partial charge in [-0.2, -0.15) is 0 Å². The highest BCUT2D eigenvalue weighted by molar-refractivity contribution is 6.07. The number of para-hydroxylation sites is 1. The number of fused-ring (bicyclic) bond motifs is 3. The van der Waals surface area contributed by atoms with E-state index in [0.717, 1.165) is 22.0 Å². The van der Waals surface area contributed by atoms with Crippen molar-refractivity contribution in [2.75, 3.05) is 0 Å². The van der Waals surface area contributed by atoms with E-state index in [1.54, 1.807) is 0 Å². The van der Waals surface area contributed by atoms with E-state index in [9.17, 15) is 4.79 Å². The molecule has 0 amide bonds. The Hall–Kier alpha value is -2.85. The van der Waals surface area contributed by atoms with Crippen molar-refractivity contribution in [2.45, 2.75) is 12.9 Å². The molecule has 1 aromatic heterocycles. The minimum absolute atomic E-state index is 0.359. The van der Waals surface area contributed by atoms with Gasteiger partial charge >= 0.3 is 5.97 Å². The third-order valence-electron chi connectivity index (χ3n) is 4.36. The highest BCUT2D eigenvalue weighted by Crippen LogP contribution is 2.37. The van der Waals surface area contributed by atoms with Crippen LogP contribution in [0.15, 0.2) is 61.2 Å². The fourth-order valence-corrected chi connectivity index (χ4v) is 3.18. The number of cyclic esters (lactones) is 1. The lowest BCUT2D eigenvalue weighted by molar-refractivity contribution is -0.0845. The van der Waals surface area contributed by atoms with Crippen LogP contribution in [0, 0.1) is 0 Å². The van der Waals surface area contributed by atoms with Crippen LogP contribution in [0.5, 0.6) is 0 Å². The summed E-state index contributed by atoms with van der Waals surface area (Å²) in [6.45, 7) is 4.49. The Bertz CT molecular complexity index is 940. The minimum atomic E-state index is -0.768. The molecule has 2 heterocycles. The van der Waals surface area contributed by atoms with E-state index >= 15 is 0 Å². The maximum Gasteiger partial charge on any atom is 0.358 e. The third kappa shape index (κ3) is 2.23. The molecule has 1 aliphatic rings. The lowest BCUT2D eigenvalue weighted by atomic mass is 10.0. The van der Waals surface area contributed by atoms with Gasteiger partial charge in [-0.3, -0.25) is 0 Å². The number of hydrogen-bond acceptors (Lipinski definition) is 3. The smallest absolute Gasteiger partial charge is 0.358 e. The SMILES string of the molecule is C=C1c2c(n(C)c3ccccc23)C(=O)OC1OCc1ccccc1. The molecule has 1 atom stereocenters. The molecule has 0 spiro atoms. The number of nitrogens with zero attached hydrogens (tertiary/aromatic N) is 1. The average molecular weight is 319 g/mol. The van der Waals surface area contributed by atoms with Gasteiger partial charge in [0.15, 0.2) is 0 Å². The summed E-state index contributed by atoms with van der Waals surface area (Å²) < 4.78 is 13.1. The molecule has 0 radical (unpaired) electrons. The molecule has 4 rings (SSSR count). The first-order chi connectivity index (χ1) is 11.7. The van der Waals surface area contributed by atoms with Gasteiger partial charge in [0.2, 0.25) is 6.29 Å². The van der Waals surface area contributed by atoms with Crippen LogP contribution in [0.25, 0.3) is 16.5 Å². The predicted octanol–water partition coefficient (Wildman–Crippen LogP) is 3.90. The van der Waals surface area contributed by atoms with Crippen LogP contribution >= 0.6 is 0 Å². The summed E-state index contributed by atoms with van der Waals surface area (Å²) >= 11 is 0. The van der Waals surface area contributed by atoms with E-state index in [1.165, 1.54) is 0 Å². The van der Waals surface area contributed by atoms with Crippen LogP contribution in [-0.2, 0) is 23.1 Å². The summed E-state index contributed by atoms with van der Waals surface area (Å²) in [4.78, 5) is 12.5. The van der Waals surface area contributed by atoms with Crippen LogP contribution in [-0.4, -0.2) is 16.8 Å².